The van der Waals surface area contributed by atoms with Crippen LogP contribution in [0, 0.1) is 0 Å². The summed E-state index contributed by atoms with van der Waals surface area (Å²) in [7, 11) is 0. The van der Waals surface area contributed by atoms with Gasteiger partial charge in [-0.25, -0.2) is 4.79 Å². The van der Waals surface area contributed by atoms with Crippen LogP contribution in [0.5, 0.6) is 0 Å². The monoisotopic (exact) mass is 492 g/mol. The number of carbonyl (C=O) groups is 2. The van der Waals surface area contributed by atoms with Gasteiger partial charge in [-0.1, -0.05) is 118 Å². The van der Waals surface area contributed by atoms with Gasteiger partial charge in [-0.15, -0.1) is 0 Å². The first-order chi connectivity index (χ1) is 9.63. The van der Waals surface area contributed by atoms with Gasteiger partial charge in [0.1, 0.15) is 0 Å². The van der Waals surface area contributed by atoms with Gasteiger partial charge in [0.15, 0.2) is 4.33 Å². The van der Waals surface area contributed by atoms with Gasteiger partial charge in [0, 0.05) is 6.42 Å². The summed E-state index contributed by atoms with van der Waals surface area (Å²) in [6.07, 6.45) is 1.14. The summed E-state index contributed by atoms with van der Waals surface area (Å²) in [5.41, 5.74) is 0. The van der Waals surface area contributed by atoms with Crippen LogP contribution >= 0.6 is 104 Å². The van der Waals surface area contributed by atoms with Gasteiger partial charge in [0.25, 0.3) is 4.33 Å². The number of unbranched alkanes of at least 4 members (excludes halogenated alkanes) is 1. The summed E-state index contributed by atoms with van der Waals surface area (Å²) in [5.74, 6) is -2.38. The normalized spacial score (nSPS) is 13.9. The molecule has 0 N–H and O–H groups in total. The van der Waals surface area contributed by atoms with E-state index in [1.807, 2.05) is 6.92 Å². The Morgan fingerprint density at radius 1 is 0.864 bits per heavy atom. The van der Waals surface area contributed by atoms with E-state index in [9.17, 15) is 9.59 Å². The number of alkyl halides is 9. The summed E-state index contributed by atoms with van der Waals surface area (Å²) in [6.45, 7) is 1.83. The fourth-order valence-corrected chi connectivity index (χ4v) is 3.03. The highest BCUT2D eigenvalue weighted by Gasteiger charge is 2.71. The minimum atomic E-state index is -2.80. The second-order valence-corrected chi connectivity index (χ2v) is 10.3. The molecule has 22 heavy (non-hydrogen) atoms. The minimum absolute atomic E-state index is 0.0407. The van der Waals surface area contributed by atoms with E-state index in [2.05, 4.69) is 4.74 Å². The molecule has 0 heterocycles. The van der Waals surface area contributed by atoms with Crippen molar-refractivity contribution in [1.29, 1.82) is 0 Å². The lowest BCUT2D eigenvalue weighted by molar-refractivity contribution is -0.160. The van der Waals surface area contributed by atoms with Crippen LogP contribution in [0.2, 0.25) is 0 Å². The van der Waals surface area contributed by atoms with Gasteiger partial charge in [0.05, 0.1) is 0 Å². The average Bonchev–Trinajstić information content (AvgIpc) is 2.34. The third-order valence-corrected chi connectivity index (χ3v) is 7.69. The standard InChI is InChI=1S/C10H9Cl9O3/c1-2-3-4-5(20)22-6(21)7(11,12)8(13,14)9(15,16)10(17,18)19/h2-4H2,1H3. The Kier molecular flexibility index (Phi) is 9.09. The zero-order valence-electron chi connectivity index (χ0n) is 10.7. The number of hydrogen-bond acceptors (Lipinski definition) is 3. The Labute approximate surface area is 172 Å². The molecule has 0 bridgehead atoms. The zero-order chi connectivity index (χ0) is 18.0. The van der Waals surface area contributed by atoms with Crippen LogP contribution in [0.15, 0.2) is 0 Å². The molecule has 3 nitrogen and oxygen atoms in total. The molecule has 0 aliphatic heterocycles. The quantitative estimate of drug-likeness (QED) is 0.252. The maximum atomic E-state index is 11.9. The summed E-state index contributed by atoms with van der Waals surface area (Å²) < 4.78 is -6.18. The lowest BCUT2D eigenvalue weighted by atomic mass is 10.2. The number of esters is 2. The first kappa shape index (κ1) is 23.8. The molecule has 0 aromatic heterocycles. The molecule has 0 saturated heterocycles. The van der Waals surface area contributed by atoms with Crippen molar-refractivity contribution < 1.29 is 14.3 Å². The highest BCUT2D eigenvalue weighted by molar-refractivity contribution is 6.81. The highest BCUT2D eigenvalue weighted by Crippen LogP contribution is 2.62. The van der Waals surface area contributed by atoms with Crippen molar-refractivity contribution in [3.63, 3.8) is 0 Å². The molecule has 0 aliphatic carbocycles. The first-order valence-corrected chi connectivity index (χ1v) is 8.98. The second kappa shape index (κ2) is 8.42. The van der Waals surface area contributed by atoms with Crippen LogP contribution in [0.3, 0.4) is 0 Å². The van der Waals surface area contributed by atoms with Crippen molar-refractivity contribution in [2.24, 2.45) is 0 Å². The van der Waals surface area contributed by atoms with Gasteiger partial charge >= 0.3 is 11.9 Å². The van der Waals surface area contributed by atoms with E-state index in [1.54, 1.807) is 0 Å². The molecule has 0 saturated carbocycles. The van der Waals surface area contributed by atoms with Gasteiger partial charge in [-0.2, -0.15) is 0 Å². The summed E-state index contributed by atoms with van der Waals surface area (Å²) in [6, 6.07) is 0. The average molecular weight is 496 g/mol. The van der Waals surface area contributed by atoms with Crippen molar-refractivity contribution in [2.75, 3.05) is 0 Å². The van der Waals surface area contributed by atoms with E-state index in [4.69, 9.17) is 104 Å². The Balaban J connectivity index is 5.36. The van der Waals surface area contributed by atoms with Crippen molar-refractivity contribution in [3.8, 4) is 0 Å². The Hall–Kier alpha value is 1.75. The van der Waals surface area contributed by atoms with Crippen LogP contribution in [-0.2, 0) is 14.3 Å². The smallest absolute Gasteiger partial charge is 0.353 e. The van der Waals surface area contributed by atoms with E-state index < -0.39 is 28.7 Å². The van der Waals surface area contributed by atoms with Crippen molar-refractivity contribution >= 4 is 116 Å². The predicted molar refractivity (Wildman–Crippen MR) is 94.2 cm³/mol. The molecule has 130 valence electrons. The van der Waals surface area contributed by atoms with Crippen LogP contribution in [0.4, 0.5) is 0 Å². The van der Waals surface area contributed by atoms with E-state index in [0.29, 0.717) is 12.8 Å². The molecule has 0 amide bonds. The molecule has 0 atom stereocenters. The Morgan fingerprint density at radius 2 is 1.32 bits per heavy atom. The van der Waals surface area contributed by atoms with Crippen LogP contribution in [0.1, 0.15) is 26.2 Å². The molecule has 0 aromatic rings. The lowest BCUT2D eigenvalue weighted by Crippen LogP contribution is -2.59. The Bertz CT molecular complexity index is 428. The molecule has 0 aliphatic rings. The van der Waals surface area contributed by atoms with Crippen molar-refractivity contribution in [1.82, 2.24) is 0 Å². The lowest BCUT2D eigenvalue weighted by Gasteiger charge is -2.42. The second-order valence-electron chi connectivity index (χ2n) is 4.09. The van der Waals surface area contributed by atoms with Crippen molar-refractivity contribution in [2.45, 2.75) is 43.0 Å². The summed E-state index contributed by atoms with van der Waals surface area (Å²) in [5, 5.41) is 0. The molecular formula is C10H9Cl9O3. The number of halogens is 9. The van der Waals surface area contributed by atoms with E-state index in [-0.39, 0.29) is 6.42 Å². The SMILES string of the molecule is CCCCC(=O)OC(=O)C(Cl)(Cl)C(Cl)(Cl)C(Cl)(Cl)C(Cl)(Cl)Cl. The van der Waals surface area contributed by atoms with E-state index in [0.717, 1.165) is 0 Å². The van der Waals surface area contributed by atoms with Gasteiger partial charge in [-0.05, 0) is 6.42 Å². The fraction of sp³-hybridized carbons (Fsp3) is 0.800. The zero-order valence-corrected chi connectivity index (χ0v) is 17.6. The largest absolute Gasteiger partial charge is 0.391 e. The fourth-order valence-electron chi connectivity index (χ4n) is 1.04. The number of ether oxygens (including phenoxy) is 1. The summed E-state index contributed by atoms with van der Waals surface area (Å²) >= 11 is 51.5. The molecule has 0 rings (SSSR count). The van der Waals surface area contributed by atoms with Crippen LogP contribution < -0.4 is 0 Å². The maximum Gasteiger partial charge on any atom is 0.353 e. The molecule has 0 unspecified atom stereocenters. The first-order valence-electron chi connectivity index (χ1n) is 5.58. The molecule has 0 aromatic carbocycles. The molecule has 0 fully saturated rings. The molecule has 0 spiro atoms. The Morgan fingerprint density at radius 3 is 1.68 bits per heavy atom. The third-order valence-electron chi connectivity index (χ3n) is 2.34. The van der Waals surface area contributed by atoms with Crippen LogP contribution in [0.25, 0.3) is 0 Å². The molecular weight excluding hydrogens is 487 g/mol. The number of carbonyl (C=O) groups excluding carboxylic acids is 2. The van der Waals surface area contributed by atoms with Crippen molar-refractivity contribution in [3.05, 3.63) is 0 Å². The predicted octanol–water partition coefficient (Wildman–Crippen LogP) is 6.14. The van der Waals surface area contributed by atoms with Gasteiger partial charge in [0.2, 0.25) is 8.13 Å². The van der Waals surface area contributed by atoms with E-state index >= 15 is 0 Å². The minimum Gasteiger partial charge on any atom is -0.391 e. The van der Waals surface area contributed by atoms with Gasteiger partial charge < -0.3 is 4.74 Å². The van der Waals surface area contributed by atoms with Crippen LogP contribution in [-0.4, -0.2) is 28.7 Å². The summed E-state index contributed by atoms with van der Waals surface area (Å²) in [4.78, 5) is 23.4. The van der Waals surface area contributed by atoms with Gasteiger partial charge in [-0.3, -0.25) is 4.79 Å². The number of hydrogen-bond donors (Lipinski definition) is 0. The maximum absolute atomic E-state index is 11.9. The highest BCUT2D eigenvalue weighted by atomic mass is 35.6. The van der Waals surface area contributed by atoms with E-state index in [1.165, 1.54) is 0 Å². The third kappa shape index (κ3) is 5.12. The molecule has 0 radical (unpaired) electrons. The topological polar surface area (TPSA) is 43.4 Å². The number of rotatable bonds is 6. The molecule has 12 heteroatoms.